The van der Waals surface area contributed by atoms with E-state index in [1.54, 1.807) is 0 Å². The molecule has 0 aliphatic heterocycles. The van der Waals surface area contributed by atoms with Crippen LogP contribution in [0.1, 0.15) is 33.1 Å². The molecule has 0 aromatic carbocycles. The van der Waals surface area contributed by atoms with Crippen LogP contribution in [0.2, 0.25) is 0 Å². The predicted octanol–water partition coefficient (Wildman–Crippen LogP) is 2.11. The molecule has 1 atom stereocenters. The van der Waals surface area contributed by atoms with Gasteiger partial charge in [0, 0.05) is 11.5 Å². The molecule has 66 valence electrons. The van der Waals surface area contributed by atoms with E-state index in [2.05, 4.69) is 13.8 Å². The first-order valence-corrected chi connectivity index (χ1v) is 4.43. The van der Waals surface area contributed by atoms with Crippen molar-refractivity contribution >= 4 is 0 Å². The van der Waals surface area contributed by atoms with E-state index >= 15 is 0 Å². The van der Waals surface area contributed by atoms with Gasteiger partial charge in [0.15, 0.2) is 0 Å². The molecule has 1 rings (SSSR count). The van der Waals surface area contributed by atoms with Gasteiger partial charge in [0.25, 0.3) is 0 Å². The van der Waals surface area contributed by atoms with Crippen molar-refractivity contribution < 1.29 is 4.39 Å². The molecule has 0 radical (unpaired) electrons. The minimum Gasteiger partial charge on any atom is -0.325 e. The summed E-state index contributed by atoms with van der Waals surface area (Å²) in [6.45, 7) is 4.00. The molecule has 1 unspecified atom stereocenters. The fourth-order valence-corrected chi connectivity index (χ4v) is 1.57. The lowest BCUT2D eigenvalue weighted by Crippen LogP contribution is -2.34. The molecule has 1 fully saturated rings. The van der Waals surface area contributed by atoms with Crippen LogP contribution in [0.25, 0.3) is 0 Å². The molecule has 0 spiro atoms. The van der Waals surface area contributed by atoms with Gasteiger partial charge in [-0.05, 0) is 25.2 Å². The van der Waals surface area contributed by atoms with Gasteiger partial charge < -0.3 is 5.73 Å². The Kier molecular flexibility index (Phi) is 2.53. The second kappa shape index (κ2) is 3.10. The van der Waals surface area contributed by atoms with Crippen molar-refractivity contribution in [1.82, 2.24) is 0 Å². The molecule has 1 nitrogen and oxygen atoms in total. The van der Waals surface area contributed by atoms with Crippen LogP contribution in [0.15, 0.2) is 0 Å². The van der Waals surface area contributed by atoms with E-state index in [-0.39, 0.29) is 18.1 Å². The Morgan fingerprint density at radius 3 is 2.27 bits per heavy atom. The average molecular weight is 159 g/mol. The van der Waals surface area contributed by atoms with Gasteiger partial charge in [-0.15, -0.1) is 0 Å². The quantitative estimate of drug-likeness (QED) is 0.668. The Bertz CT molecular complexity index is 130. The monoisotopic (exact) mass is 159 g/mol. The van der Waals surface area contributed by atoms with Gasteiger partial charge in [-0.2, -0.15) is 0 Å². The number of halogens is 1. The third-order valence-electron chi connectivity index (χ3n) is 2.58. The number of hydrogen-bond acceptors (Lipinski definition) is 1. The maximum atomic E-state index is 12.5. The Morgan fingerprint density at radius 2 is 2.00 bits per heavy atom. The third-order valence-corrected chi connectivity index (χ3v) is 2.58. The first-order valence-electron chi connectivity index (χ1n) is 4.43. The van der Waals surface area contributed by atoms with Gasteiger partial charge >= 0.3 is 0 Å². The minimum atomic E-state index is -0.241. The summed E-state index contributed by atoms with van der Waals surface area (Å²) in [5, 5.41) is 0. The zero-order valence-corrected chi connectivity index (χ0v) is 7.44. The van der Waals surface area contributed by atoms with E-state index in [0.29, 0.717) is 5.92 Å². The zero-order valence-electron chi connectivity index (χ0n) is 7.44. The average Bonchev–Trinajstić information content (AvgIpc) is 2.63. The molecule has 1 aliphatic rings. The SMILES string of the molecule is CC(C)CC(CF)C1(N)CC1. The second-order valence-electron chi connectivity index (χ2n) is 4.21. The summed E-state index contributed by atoms with van der Waals surface area (Å²) in [6, 6.07) is 0. The van der Waals surface area contributed by atoms with Crippen LogP contribution in [-0.2, 0) is 0 Å². The molecular formula is C9H18FN. The first kappa shape index (κ1) is 8.98. The van der Waals surface area contributed by atoms with Gasteiger partial charge in [0.1, 0.15) is 0 Å². The van der Waals surface area contributed by atoms with Gasteiger partial charge in [-0.1, -0.05) is 13.8 Å². The highest BCUT2D eigenvalue weighted by atomic mass is 19.1. The molecule has 1 aliphatic carbocycles. The largest absolute Gasteiger partial charge is 0.325 e. The van der Waals surface area contributed by atoms with Crippen LogP contribution in [0.4, 0.5) is 4.39 Å². The Morgan fingerprint density at radius 1 is 1.45 bits per heavy atom. The normalized spacial score (nSPS) is 23.7. The Balaban J connectivity index is 2.37. The number of nitrogens with two attached hydrogens (primary N) is 1. The van der Waals surface area contributed by atoms with E-state index in [0.717, 1.165) is 19.3 Å². The van der Waals surface area contributed by atoms with Crippen LogP contribution >= 0.6 is 0 Å². The molecule has 0 heterocycles. The van der Waals surface area contributed by atoms with Crippen molar-refractivity contribution in [1.29, 1.82) is 0 Å². The zero-order chi connectivity index (χ0) is 8.48. The minimum absolute atomic E-state index is 0.113. The summed E-state index contributed by atoms with van der Waals surface area (Å²) >= 11 is 0. The topological polar surface area (TPSA) is 26.0 Å². The lowest BCUT2D eigenvalue weighted by Gasteiger charge is -2.21. The molecule has 0 aromatic heterocycles. The van der Waals surface area contributed by atoms with Crippen molar-refractivity contribution in [2.45, 2.75) is 38.6 Å². The third kappa shape index (κ3) is 2.16. The van der Waals surface area contributed by atoms with Crippen LogP contribution in [0.5, 0.6) is 0 Å². The number of rotatable bonds is 4. The highest BCUT2D eigenvalue weighted by molar-refractivity contribution is 5.03. The summed E-state index contributed by atoms with van der Waals surface area (Å²) in [6.07, 6.45) is 2.98. The predicted molar refractivity (Wildman–Crippen MR) is 45.1 cm³/mol. The van der Waals surface area contributed by atoms with Gasteiger partial charge in [-0.3, -0.25) is 4.39 Å². The van der Waals surface area contributed by atoms with E-state index in [1.807, 2.05) is 0 Å². The van der Waals surface area contributed by atoms with Crippen molar-refractivity contribution in [3.63, 3.8) is 0 Å². The fraction of sp³-hybridized carbons (Fsp3) is 1.00. The van der Waals surface area contributed by atoms with E-state index in [4.69, 9.17) is 5.73 Å². The maximum absolute atomic E-state index is 12.5. The standard InChI is InChI=1S/C9H18FN/c1-7(2)5-8(6-10)9(11)3-4-9/h7-8H,3-6,11H2,1-2H3. The fourth-order valence-electron chi connectivity index (χ4n) is 1.57. The number of hydrogen-bond donors (Lipinski definition) is 1. The Labute approximate surface area is 68.2 Å². The molecule has 1 saturated carbocycles. The Hall–Kier alpha value is -0.110. The van der Waals surface area contributed by atoms with Crippen molar-refractivity contribution in [2.24, 2.45) is 17.6 Å². The lowest BCUT2D eigenvalue weighted by atomic mass is 9.90. The molecule has 0 saturated heterocycles. The molecular weight excluding hydrogens is 141 g/mol. The molecule has 0 amide bonds. The smallest absolute Gasteiger partial charge is 0.0940 e. The second-order valence-corrected chi connectivity index (χ2v) is 4.21. The molecule has 2 N–H and O–H groups in total. The molecule has 11 heavy (non-hydrogen) atoms. The molecule has 0 bridgehead atoms. The summed E-state index contributed by atoms with van der Waals surface area (Å²) in [7, 11) is 0. The number of alkyl halides is 1. The van der Waals surface area contributed by atoms with Crippen LogP contribution in [0, 0.1) is 11.8 Å². The highest BCUT2D eigenvalue weighted by Gasteiger charge is 2.45. The van der Waals surface area contributed by atoms with Crippen LogP contribution < -0.4 is 5.73 Å². The van der Waals surface area contributed by atoms with Crippen molar-refractivity contribution in [3.8, 4) is 0 Å². The summed E-state index contributed by atoms with van der Waals surface area (Å²) < 4.78 is 12.5. The summed E-state index contributed by atoms with van der Waals surface area (Å²) in [4.78, 5) is 0. The van der Waals surface area contributed by atoms with Gasteiger partial charge in [0.2, 0.25) is 0 Å². The van der Waals surface area contributed by atoms with E-state index in [1.165, 1.54) is 0 Å². The van der Waals surface area contributed by atoms with Crippen molar-refractivity contribution in [3.05, 3.63) is 0 Å². The van der Waals surface area contributed by atoms with Gasteiger partial charge in [-0.25, -0.2) is 0 Å². The maximum Gasteiger partial charge on any atom is 0.0940 e. The molecule has 2 heteroatoms. The van der Waals surface area contributed by atoms with Crippen LogP contribution in [0.3, 0.4) is 0 Å². The van der Waals surface area contributed by atoms with E-state index < -0.39 is 0 Å². The molecule has 0 aromatic rings. The first-order chi connectivity index (χ1) is 5.08. The van der Waals surface area contributed by atoms with Gasteiger partial charge in [0.05, 0.1) is 6.67 Å². The van der Waals surface area contributed by atoms with E-state index in [9.17, 15) is 4.39 Å². The van der Waals surface area contributed by atoms with Crippen LogP contribution in [-0.4, -0.2) is 12.2 Å². The lowest BCUT2D eigenvalue weighted by molar-refractivity contribution is 0.259. The summed E-state index contributed by atoms with van der Waals surface area (Å²) in [5.74, 6) is 0.680. The highest BCUT2D eigenvalue weighted by Crippen LogP contribution is 2.42. The summed E-state index contributed by atoms with van der Waals surface area (Å²) in [5.41, 5.74) is 5.78. The van der Waals surface area contributed by atoms with Crippen molar-refractivity contribution in [2.75, 3.05) is 6.67 Å².